The van der Waals surface area contributed by atoms with Crippen LogP contribution in [0.3, 0.4) is 0 Å². The summed E-state index contributed by atoms with van der Waals surface area (Å²) in [5.41, 5.74) is 0. The quantitative estimate of drug-likeness (QED) is 0.540. The van der Waals surface area contributed by atoms with Crippen LogP contribution < -0.4 is 0 Å². The predicted molar refractivity (Wildman–Crippen MR) is 97.9 cm³/mol. The van der Waals surface area contributed by atoms with Gasteiger partial charge in [0.15, 0.2) is 0 Å². The first-order chi connectivity index (χ1) is 11.6. The SMILES string of the molecule is OC1CCCCC(O)CCCC1.OC1CCCCCC(O)CCC1. The normalized spacial score (nSPS) is 34.5. The number of hydrogen-bond acceptors (Lipinski definition) is 4. The van der Waals surface area contributed by atoms with Crippen LogP contribution in [0.1, 0.15) is 103 Å². The summed E-state index contributed by atoms with van der Waals surface area (Å²) in [6.07, 6.45) is 15.6. The van der Waals surface area contributed by atoms with E-state index in [9.17, 15) is 20.4 Å². The molecule has 0 aromatic heterocycles. The van der Waals surface area contributed by atoms with E-state index in [0.717, 1.165) is 103 Å². The average Bonchev–Trinajstić information content (AvgIpc) is 2.56. The number of aliphatic hydroxyl groups excluding tert-OH is 4. The Bertz CT molecular complexity index is 247. The van der Waals surface area contributed by atoms with Gasteiger partial charge in [-0.2, -0.15) is 0 Å². The van der Waals surface area contributed by atoms with Crippen molar-refractivity contribution in [3.8, 4) is 0 Å². The van der Waals surface area contributed by atoms with Crippen molar-refractivity contribution in [2.24, 2.45) is 0 Å². The van der Waals surface area contributed by atoms with Crippen LogP contribution in [0.4, 0.5) is 0 Å². The molecule has 2 aliphatic carbocycles. The summed E-state index contributed by atoms with van der Waals surface area (Å²) in [4.78, 5) is 0. The van der Waals surface area contributed by atoms with Crippen LogP contribution >= 0.6 is 0 Å². The summed E-state index contributed by atoms with van der Waals surface area (Å²) in [6.45, 7) is 0. The molecule has 0 heterocycles. The third-order valence-electron chi connectivity index (χ3n) is 5.30. The van der Waals surface area contributed by atoms with Gasteiger partial charge in [-0.15, -0.1) is 0 Å². The standard InChI is InChI=1S/2C10H20O2/c11-9-5-1-2-6-10(12)8-4-3-7-9;11-9-5-2-1-3-6-10(12)8-4-7-9/h2*9-12H,1-8H2. The smallest absolute Gasteiger partial charge is 0.0540 e. The maximum Gasteiger partial charge on any atom is 0.0540 e. The van der Waals surface area contributed by atoms with Crippen LogP contribution in [0.5, 0.6) is 0 Å². The number of aliphatic hydroxyl groups is 4. The van der Waals surface area contributed by atoms with E-state index in [1.807, 2.05) is 0 Å². The third-order valence-corrected chi connectivity index (χ3v) is 5.30. The minimum absolute atomic E-state index is 0.0831. The highest BCUT2D eigenvalue weighted by molar-refractivity contribution is 4.64. The molecule has 144 valence electrons. The van der Waals surface area contributed by atoms with Crippen molar-refractivity contribution in [2.75, 3.05) is 0 Å². The molecule has 24 heavy (non-hydrogen) atoms. The van der Waals surface area contributed by atoms with Crippen LogP contribution in [-0.4, -0.2) is 44.8 Å². The molecule has 2 aliphatic rings. The zero-order valence-corrected chi connectivity index (χ0v) is 15.4. The minimum Gasteiger partial charge on any atom is -0.393 e. The molecule has 2 fully saturated rings. The molecular formula is C20H40O4. The Hall–Kier alpha value is -0.160. The van der Waals surface area contributed by atoms with Gasteiger partial charge in [-0.05, 0) is 57.8 Å². The van der Waals surface area contributed by atoms with Crippen LogP contribution in [0, 0.1) is 0 Å². The van der Waals surface area contributed by atoms with Crippen molar-refractivity contribution in [1.82, 2.24) is 0 Å². The molecule has 0 aromatic carbocycles. The lowest BCUT2D eigenvalue weighted by molar-refractivity contribution is 0.113. The van der Waals surface area contributed by atoms with Crippen molar-refractivity contribution >= 4 is 0 Å². The fourth-order valence-corrected chi connectivity index (χ4v) is 3.62. The van der Waals surface area contributed by atoms with Crippen molar-refractivity contribution in [3.05, 3.63) is 0 Å². The molecule has 2 unspecified atom stereocenters. The highest BCUT2D eigenvalue weighted by Crippen LogP contribution is 2.18. The maximum atomic E-state index is 9.44. The van der Waals surface area contributed by atoms with Gasteiger partial charge < -0.3 is 20.4 Å². The molecule has 0 aliphatic heterocycles. The molecule has 0 amide bonds. The molecule has 0 saturated heterocycles. The topological polar surface area (TPSA) is 80.9 Å². The Morgan fingerprint density at radius 3 is 0.792 bits per heavy atom. The van der Waals surface area contributed by atoms with Gasteiger partial charge in [0.25, 0.3) is 0 Å². The van der Waals surface area contributed by atoms with E-state index in [2.05, 4.69) is 0 Å². The van der Waals surface area contributed by atoms with E-state index in [1.54, 1.807) is 0 Å². The maximum absolute atomic E-state index is 9.44. The Kier molecular flexibility index (Phi) is 12.8. The second-order valence-electron chi connectivity index (χ2n) is 7.75. The summed E-state index contributed by atoms with van der Waals surface area (Å²) in [6, 6.07) is 0. The number of hydrogen-bond donors (Lipinski definition) is 4. The first-order valence-electron chi connectivity index (χ1n) is 10.3. The van der Waals surface area contributed by atoms with E-state index >= 15 is 0 Å². The first kappa shape index (κ1) is 21.9. The molecule has 4 heteroatoms. The third kappa shape index (κ3) is 12.2. The fourth-order valence-electron chi connectivity index (χ4n) is 3.62. The van der Waals surface area contributed by atoms with Gasteiger partial charge in [0, 0.05) is 0 Å². The van der Waals surface area contributed by atoms with E-state index < -0.39 is 0 Å². The lowest BCUT2D eigenvalue weighted by Gasteiger charge is -2.15. The highest BCUT2D eigenvalue weighted by Gasteiger charge is 2.10. The molecule has 0 bridgehead atoms. The van der Waals surface area contributed by atoms with Crippen LogP contribution in [0.25, 0.3) is 0 Å². The minimum atomic E-state index is -0.115. The molecule has 0 radical (unpaired) electrons. The summed E-state index contributed by atoms with van der Waals surface area (Å²) in [5.74, 6) is 0. The molecule has 4 nitrogen and oxygen atoms in total. The van der Waals surface area contributed by atoms with Crippen molar-refractivity contribution in [1.29, 1.82) is 0 Å². The van der Waals surface area contributed by atoms with Crippen LogP contribution in [0.15, 0.2) is 0 Å². The zero-order valence-electron chi connectivity index (χ0n) is 15.4. The van der Waals surface area contributed by atoms with E-state index in [-0.39, 0.29) is 24.4 Å². The van der Waals surface area contributed by atoms with Crippen LogP contribution in [-0.2, 0) is 0 Å². The average molecular weight is 345 g/mol. The largest absolute Gasteiger partial charge is 0.393 e. The van der Waals surface area contributed by atoms with Gasteiger partial charge in [-0.25, -0.2) is 0 Å². The van der Waals surface area contributed by atoms with Gasteiger partial charge >= 0.3 is 0 Å². The van der Waals surface area contributed by atoms with Gasteiger partial charge in [0.1, 0.15) is 0 Å². The Balaban J connectivity index is 0.000000240. The Morgan fingerprint density at radius 2 is 0.500 bits per heavy atom. The van der Waals surface area contributed by atoms with Gasteiger partial charge in [-0.1, -0.05) is 44.9 Å². The van der Waals surface area contributed by atoms with Crippen LogP contribution in [0.2, 0.25) is 0 Å². The first-order valence-corrected chi connectivity index (χ1v) is 10.3. The zero-order chi connectivity index (χ0) is 17.6. The lowest BCUT2D eigenvalue weighted by atomic mass is 9.98. The summed E-state index contributed by atoms with van der Waals surface area (Å²) in [7, 11) is 0. The van der Waals surface area contributed by atoms with E-state index in [0.29, 0.717) is 0 Å². The molecule has 2 saturated carbocycles. The predicted octanol–water partition coefficient (Wildman–Crippen LogP) is 3.69. The van der Waals surface area contributed by atoms with E-state index in [4.69, 9.17) is 0 Å². The monoisotopic (exact) mass is 344 g/mol. The molecule has 0 aromatic rings. The summed E-state index contributed by atoms with van der Waals surface area (Å²) in [5, 5.41) is 37.7. The summed E-state index contributed by atoms with van der Waals surface area (Å²) < 4.78 is 0. The van der Waals surface area contributed by atoms with Gasteiger partial charge in [-0.3, -0.25) is 0 Å². The van der Waals surface area contributed by atoms with Crippen molar-refractivity contribution in [2.45, 2.75) is 127 Å². The molecule has 2 rings (SSSR count). The Morgan fingerprint density at radius 1 is 0.292 bits per heavy atom. The van der Waals surface area contributed by atoms with Crippen molar-refractivity contribution in [3.63, 3.8) is 0 Å². The fraction of sp³-hybridized carbons (Fsp3) is 1.00. The molecule has 4 N–H and O–H groups in total. The van der Waals surface area contributed by atoms with Gasteiger partial charge in [0.2, 0.25) is 0 Å². The molecular weight excluding hydrogens is 304 g/mol. The Labute approximate surface area is 148 Å². The van der Waals surface area contributed by atoms with E-state index in [1.165, 1.54) is 0 Å². The second kappa shape index (κ2) is 14.1. The second-order valence-corrected chi connectivity index (χ2v) is 7.75. The summed E-state index contributed by atoms with van der Waals surface area (Å²) >= 11 is 0. The lowest BCUT2D eigenvalue weighted by Crippen LogP contribution is -2.12. The molecule has 0 spiro atoms. The highest BCUT2D eigenvalue weighted by atomic mass is 16.3. The number of rotatable bonds is 0. The van der Waals surface area contributed by atoms with Crippen molar-refractivity contribution < 1.29 is 20.4 Å². The molecule has 2 atom stereocenters. The van der Waals surface area contributed by atoms with Gasteiger partial charge in [0.05, 0.1) is 24.4 Å².